The van der Waals surface area contributed by atoms with Gasteiger partial charge in [-0.3, -0.25) is 0 Å². The minimum Gasteiger partial charge on any atom is -0.388 e. The quantitative estimate of drug-likeness (QED) is 0.615. The van der Waals surface area contributed by atoms with Gasteiger partial charge in [-0.1, -0.05) is 13.8 Å². The molecule has 2 N–H and O–H groups in total. The van der Waals surface area contributed by atoms with Gasteiger partial charge < -0.3 is 10.4 Å². The van der Waals surface area contributed by atoms with E-state index in [9.17, 15) is 5.11 Å². The molecule has 0 saturated carbocycles. The molecular weight excluding hydrogens is 126 g/mol. The Balaban J connectivity index is 2.44. The summed E-state index contributed by atoms with van der Waals surface area (Å²) in [6.45, 7) is 5.17. The fourth-order valence-electron chi connectivity index (χ4n) is 1.49. The van der Waals surface area contributed by atoms with Crippen LogP contribution in [0.1, 0.15) is 33.1 Å². The van der Waals surface area contributed by atoms with Crippen molar-refractivity contribution in [3.8, 4) is 0 Å². The summed E-state index contributed by atoms with van der Waals surface area (Å²) in [6.07, 6.45) is 2.86. The van der Waals surface area contributed by atoms with Gasteiger partial charge in [0.25, 0.3) is 0 Å². The maximum absolute atomic E-state index is 9.89. The van der Waals surface area contributed by atoms with Crippen molar-refractivity contribution >= 4 is 0 Å². The average Bonchev–Trinajstić information content (AvgIpc) is 1.84. The van der Waals surface area contributed by atoms with Gasteiger partial charge in [0.15, 0.2) is 0 Å². The van der Waals surface area contributed by atoms with Crippen molar-refractivity contribution < 1.29 is 5.11 Å². The van der Waals surface area contributed by atoms with E-state index >= 15 is 0 Å². The van der Waals surface area contributed by atoms with E-state index in [-0.39, 0.29) is 0 Å². The first-order chi connectivity index (χ1) is 4.73. The molecule has 0 aliphatic carbocycles. The molecule has 0 spiro atoms. The summed E-state index contributed by atoms with van der Waals surface area (Å²) in [5.74, 6) is 0. The van der Waals surface area contributed by atoms with Crippen molar-refractivity contribution in [2.24, 2.45) is 0 Å². The Labute approximate surface area is 62.6 Å². The molecule has 1 aliphatic rings. The van der Waals surface area contributed by atoms with Crippen LogP contribution in [-0.2, 0) is 0 Å². The topological polar surface area (TPSA) is 32.3 Å². The van der Waals surface area contributed by atoms with Gasteiger partial charge in [-0.05, 0) is 25.8 Å². The van der Waals surface area contributed by atoms with Gasteiger partial charge in [0.1, 0.15) is 0 Å². The minimum absolute atomic E-state index is 0.363. The SMILES string of the molecule is CCC(O)(CC)[C@@H]1CCN1. The van der Waals surface area contributed by atoms with Crippen LogP contribution >= 0.6 is 0 Å². The highest BCUT2D eigenvalue weighted by atomic mass is 16.3. The van der Waals surface area contributed by atoms with Crippen molar-refractivity contribution in [1.82, 2.24) is 5.32 Å². The Bertz CT molecular complexity index is 106. The van der Waals surface area contributed by atoms with Crippen LogP contribution in [0.2, 0.25) is 0 Å². The molecule has 0 aromatic heterocycles. The Hall–Kier alpha value is -0.0800. The molecule has 1 heterocycles. The van der Waals surface area contributed by atoms with Crippen LogP contribution in [0.5, 0.6) is 0 Å². The van der Waals surface area contributed by atoms with Crippen LogP contribution < -0.4 is 5.32 Å². The van der Waals surface area contributed by atoms with Crippen LogP contribution in [0.4, 0.5) is 0 Å². The molecule has 0 aromatic rings. The normalized spacial score (nSPS) is 26.1. The first kappa shape index (κ1) is 8.02. The average molecular weight is 143 g/mol. The molecule has 2 nitrogen and oxygen atoms in total. The highest BCUT2D eigenvalue weighted by Crippen LogP contribution is 2.25. The maximum Gasteiger partial charge on any atom is 0.0795 e. The van der Waals surface area contributed by atoms with Gasteiger partial charge in [0.05, 0.1) is 5.60 Å². The van der Waals surface area contributed by atoms with Gasteiger partial charge in [-0.25, -0.2) is 0 Å². The van der Waals surface area contributed by atoms with Crippen molar-refractivity contribution in [2.75, 3.05) is 6.54 Å². The predicted molar refractivity (Wildman–Crippen MR) is 41.9 cm³/mol. The Morgan fingerprint density at radius 1 is 1.50 bits per heavy atom. The standard InChI is InChI=1S/C8H17NO/c1-3-8(10,4-2)7-5-6-9-7/h7,9-10H,3-6H2,1-2H3/t7-/m0/s1. The van der Waals surface area contributed by atoms with E-state index in [1.165, 1.54) is 0 Å². The molecule has 1 fully saturated rings. The summed E-state index contributed by atoms with van der Waals surface area (Å²) in [5.41, 5.74) is -0.432. The van der Waals surface area contributed by atoms with Crippen LogP contribution in [0.25, 0.3) is 0 Å². The maximum atomic E-state index is 9.89. The highest BCUT2D eigenvalue weighted by Gasteiger charge is 2.36. The van der Waals surface area contributed by atoms with E-state index in [2.05, 4.69) is 5.32 Å². The predicted octanol–water partition coefficient (Wildman–Crippen LogP) is 0.899. The highest BCUT2D eigenvalue weighted by molar-refractivity contribution is 4.95. The number of nitrogens with one attached hydrogen (secondary N) is 1. The second-order valence-electron chi connectivity index (χ2n) is 3.11. The molecule has 10 heavy (non-hydrogen) atoms. The van der Waals surface area contributed by atoms with Gasteiger partial charge >= 0.3 is 0 Å². The smallest absolute Gasteiger partial charge is 0.0795 e. The molecule has 0 radical (unpaired) electrons. The number of hydrogen-bond donors (Lipinski definition) is 2. The molecule has 0 unspecified atom stereocenters. The molecule has 0 aromatic carbocycles. The van der Waals surface area contributed by atoms with Crippen LogP contribution in [-0.4, -0.2) is 23.3 Å². The summed E-state index contributed by atoms with van der Waals surface area (Å²) in [7, 11) is 0. The summed E-state index contributed by atoms with van der Waals surface area (Å²) in [4.78, 5) is 0. The fourth-order valence-corrected chi connectivity index (χ4v) is 1.49. The molecule has 1 saturated heterocycles. The lowest BCUT2D eigenvalue weighted by molar-refractivity contribution is -0.0275. The molecule has 2 heteroatoms. The molecule has 1 aliphatic heterocycles. The van der Waals surface area contributed by atoms with Crippen LogP contribution in [0.15, 0.2) is 0 Å². The zero-order chi connectivity index (χ0) is 7.61. The van der Waals surface area contributed by atoms with Crippen molar-refractivity contribution in [1.29, 1.82) is 0 Å². The monoisotopic (exact) mass is 143 g/mol. The third kappa shape index (κ3) is 1.18. The van der Waals surface area contributed by atoms with Gasteiger partial charge in [-0.15, -0.1) is 0 Å². The fraction of sp³-hybridized carbons (Fsp3) is 1.00. The largest absolute Gasteiger partial charge is 0.388 e. The molecule has 1 atom stereocenters. The number of aliphatic hydroxyl groups is 1. The molecule has 0 amide bonds. The van der Waals surface area contributed by atoms with Crippen molar-refractivity contribution in [2.45, 2.75) is 44.8 Å². The number of rotatable bonds is 3. The lowest BCUT2D eigenvalue weighted by Gasteiger charge is -2.41. The molecule has 60 valence electrons. The zero-order valence-electron chi connectivity index (χ0n) is 6.85. The van der Waals surface area contributed by atoms with Crippen molar-refractivity contribution in [3.05, 3.63) is 0 Å². The second kappa shape index (κ2) is 2.89. The summed E-state index contributed by atoms with van der Waals surface area (Å²) >= 11 is 0. The van der Waals surface area contributed by atoms with Gasteiger partial charge in [0.2, 0.25) is 0 Å². The second-order valence-corrected chi connectivity index (χ2v) is 3.11. The molecule has 0 bridgehead atoms. The number of hydrogen-bond acceptors (Lipinski definition) is 2. The molecular formula is C8H17NO. The third-order valence-corrected chi connectivity index (χ3v) is 2.70. The third-order valence-electron chi connectivity index (χ3n) is 2.70. The minimum atomic E-state index is -0.432. The van der Waals surface area contributed by atoms with Gasteiger partial charge in [-0.2, -0.15) is 0 Å². The van der Waals surface area contributed by atoms with Crippen molar-refractivity contribution in [3.63, 3.8) is 0 Å². The Kier molecular flexibility index (Phi) is 2.32. The lowest BCUT2D eigenvalue weighted by Crippen LogP contribution is -2.58. The van der Waals surface area contributed by atoms with E-state index in [0.717, 1.165) is 25.8 Å². The van der Waals surface area contributed by atoms with Gasteiger partial charge in [0, 0.05) is 6.04 Å². The Morgan fingerprint density at radius 2 is 2.00 bits per heavy atom. The zero-order valence-corrected chi connectivity index (χ0v) is 6.85. The summed E-state index contributed by atoms with van der Waals surface area (Å²) < 4.78 is 0. The lowest BCUT2D eigenvalue weighted by atomic mass is 9.83. The molecule has 1 rings (SSSR count). The van der Waals surface area contributed by atoms with E-state index in [0.29, 0.717) is 6.04 Å². The summed E-state index contributed by atoms with van der Waals surface area (Å²) in [5, 5.41) is 13.1. The first-order valence-electron chi connectivity index (χ1n) is 4.18. The van der Waals surface area contributed by atoms with E-state index < -0.39 is 5.60 Å². The van der Waals surface area contributed by atoms with Crippen LogP contribution in [0, 0.1) is 0 Å². The summed E-state index contributed by atoms with van der Waals surface area (Å²) in [6, 6.07) is 0.363. The van der Waals surface area contributed by atoms with E-state index in [1.54, 1.807) is 0 Å². The van der Waals surface area contributed by atoms with Crippen LogP contribution in [0.3, 0.4) is 0 Å². The Morgan fingerprint density at radius 3 is 2.10 bits per heavy atom. The first-order valence-corrected chi connectivity index (χ1v) is 4.18. The van der Waals surface area contributed by atoms with E-state index in [4.69, 9.17) is 0 Å². The van der Waals surface area contributed by atoms with E-state index in [1.807, 2.05) is 13.8 Å².